The summed E-state index contributed by atoms with van der Waals surface area (Å²) in [7, 11) is 3.77. The largest absolute Gasteiger partial charge is 0.383 e. The van der Waals surface area contributed by atoms with E-state index in [1.54, 1.807) is 7.11 Å². The van der Waals surface area contributed by atoms with Crippen molar-refractivity contribution < 1.29 is 4.74 Å². The van der Waals surface area contributed by atoms with Crippen LogP contribution >= 0.6 is 24.0 Å². The molecule has 0 aromatic heterocycles. The second-order valence-electron chi connectivity index (χ2n) is 4.34. The molecule has 0 fully saturated rings. The van der Waals surface area contributed by atoms with Crippen LogP contribution in [0.4, 0.5) is 0 Å². The van der Waals surface area contributed by atoms with E-state index in [1.807, 2.05) is 0 Å². The molecule has 5 nitrogen and oxygen atoms in total. The summed E-state index contributed by atoms with van der Waals surface area (Å²) in [5, 5.41) is 3.09. The number of guanidine groups is 1. The van der Waals surface area contributed by atoms with Crippen LogP contribution in [0, 0.1) is 5.92 Å². The summed E-state index contributed by atoms with van der Waals surface area (Å²) in [6.07, 6.45) is 0. The highest BCUT2D eigenvalue weighted by molar-refractivity contribution is 14.0. The highest BCUT2D eigenvalue weighted by Gasteiger charge is 1.98. The van der Waals surface area contributed by atoms with Gasteiger partial charge in [-0.3, -0.25) is 4.99 Å². The van der Waals surface area contributed by atoms with Crippen molar-refractivity contribution in [3.63, 3.8) is 0 Å². The van der Waals surface area contributed by atoms with E-state index in [1.165, 1.54) is 0 Å². The lowest BCUT2D eigenvalue weighted by atomic mass is 10.2. The van der Waals surface area contributed by atoms with Gasteiger partial charge in [-0.2, -0.15) is 0 Å². The van der Waals surface area contributed by atoms with Crippen molar-refractivity contribution >= 4 is 29.9 Å². The molecule has 0 aromatic carbocycles. The zero-order valence-electron chi connectivity index (χ0n) is 11.4. The summed E-state index contributed by atoms with van der Waals surface area (Å²) in [6.45, 7) is 8.45. The minimum Gasteiger partial charge on any atom is -0.383 e. The van der Waals surface area contributed by atoms with Crippen molar-refractivity contribution in [2.24, 2.45) is 16.6 Å². The Balaban J connectivity index is 0. The van der Waals surface area contributed by atoms with Gasteiger partial charge in [-0.15, -0.1) is 24.0 Å². The molecule has 0 radical (unpaired) electrons. The van der Waals surface area contributed by atoms with Gasteiger partial charge < -0.3 is 20.7 Å². The molecule has 0 aliphatic heterocycles. The van der Waals surface area contributed by atoms with Gasteiger partial charge >= 0.3 is 0 Å². The van der Waals surface area contributed by atoms with Crippen LogP contribution < -0.4 is 11.1 Å². The second kappa shape index (κ2) is 12.4. The maximum Gasteiger partial charge on any atom is 0.188 e. The van der Waals surface area contributed by atoms with Gasteiger partial charge in [0, 0.05) is 33.3 Å². The Morgan fingerprint density at radius 2 is 2.06 bits per heavy atom. The Morgan fingerprint density at radius 1 is 1.41 bits per heavy atom. The smallest absolute Gasteiger partial charge is 0.188 e. The quantitative estimate of drug-likeness (QED) is 0.382. The van der Waals surface area contributed by atoms with E-state index in [-0.39, 0.29) is 24.0 Å². The van der Waals surface area contributed by atoms with Crippen molar-refractivity contribution in [1.82, 2.24) is 10.2 Å². The van der Waals surface area contributed by atoms with Gasteiger partial charge in [0.05, 0.1) is 6.61 Å². The number of likely N-dealkylation sites (N-methyl/N-ethyl adjacent to an activating group) is 1. The number of rotatable bonds is 8. The molecular weight excluding hydrogens is 331 g/mol. The third-order valence-electron chi connectivity index (χ3n) is 2.10. The fraction of sp³-hybridized carbons (Fsp3) is 0.909. The van der Waals surface area contributed by atoms with E-state index in [0.717, 1.165) is 32.8 Å². The summed E-state index contributed by atoms with van der Waals surface area (Å²) in [5.41, 5.74) is 5.70. The summed E-state index contributed by atoms with van der Waals surface area (Å²) in [5.74, 6) is 1.08. The van der Waals surface area contributed by atoms with Crippen LogP contribution in [0.5, 0.6) is 0 Å². The molecule has 6 heteroatoms. The number of nitrogens with two attached hydrogens (primary N) is 1. The minimum absolute atomic E-state index is 0. The topological polar surface area (TPSA) is 62.9 Å². The molecule has 0 amide bonds. The molecule has 17 heavy (non-hydrogen) atoms. The molecular formula is C11H27IN4O. The predicted molar refractivity (Wildman–Crippen MR) is 84.1 cm³/mol. The maximum absolute atomic E-state index is 5.70. The highest BCUT2D eigenvalue weighted by atomic mass is 127. The number of hydrogen-bond donors (Lipinski definition) is 2. The van der Waals surface area contributed by atoms with E-state index in [0.29, 0.717) is 11.9 Å². The monoisotopic (exact) mass is 358 g/mol. The van der Waals surface area contributed by atoms with E-state index < -0.39 is 0 Å². The summed E-state index contributed by atoms with van der Waals surface area (Å²) in [4.78, 5) is 6.41. The molecule has 0 heterocycles. The first-order chi connectivity index (χ1) is 7.56. The van der Waals surface area contributed by atoms with Crippen molar-refractivity contribution in [2.45, 2.75) is 13.8 Å². The Morgan fingerprint density at radius 3 is 2.59 bits per heavy atom. The van der Waals surface area contributed by atoms with E-state index >= 15 is 0 Å². The Hall–Kier alpha value is -0.0800. The standard InChI is InChI=1S/C11H26N4O.HI/c1-10(2)9-14-11(12)13-5-6-15(3)7-8-16-4;/h10H,5-9H2,1-4H3,(H3,12,13,14);1H. The molecule has 104 valence electrons. The number of aliphatic imine (C=N–C) groups is 1. The van der Waals surface area contributed by atoms with Gasteiger partial charge in [-0.25, -0.2) is 0 Å². The molecule has 0 aliphatic rings. The van der Waals surface area contributed by atoms with Crippen molar-refractivity contribution in [2.75, 3.05) is 46.9 Å². The third kappa shape index (κ3) is 13.9. The normalized spacial score (nSPS) is 11.8. The second-order valence-corrected chi connectivity index (χ2v) is 4.34. The van der Waals surface area contributed by atoms with Gasteiger partial charge in [-0.1, -0.05) is 13.8 Å². The molecule has 3 N–H and O–H groups in total. The van der Waals surface area contributed by atoms with Crippen LogP contribution in [-0.2, 0) is 4.74 Å². The first-order valence-electron chi connectivity index (χ1n) is 5.77. The van der Waals surface area contributed by atoms with Gasteiger partial charge in [0.1, 0.15) is 0 Å². The van der Waals surface area contributed by atoms with E-state index in [4.69, 9.17) is 10.5 Å². The molecule has 0 atom stereocenters. The first-order valence-corrected chi connectivity index (χ1v) is 5.77. The zero-order chi connectivity index (χ0) is 12.4. The SMILES string of the molecule is COCCN(C)CCNC(N)=NCC(C)C.I. The summed E-state index contributed by atoms with van der Waals surface area (Å²) < 4.78 is 4.99. The molecule has 0 aromatic rings. The fourth-order valence-corrected chi connectivity index (χ4v) is 1.07. The number of nitrogens with zero attached hydrogens (tertiary/aromatic N) is 2. The van der Waals surface area contributed by atoms with Gasteiger partial charge in [0.25, 0.3) is 0 Å². The molecule has 0 rings (SSSR count). The molecule has 0 spiro atoms. The average Bonchev–Trinajstić information content (AvgIpc) is 2.23. The zero-order valence-corrected chi connectivity index (χ0v) is 13.7. The molecule has 0 saturated carbocycles. The average molecular weight is 358 g/mol. The van der Waals surface area contributed by atoms with Crippen LogP contribution in [0.15, 0.2) is 4.99 Å². The molecule has 0 unspecified atom stereocenters. The van der Waals surface area contributed by atoms with Crippen LogP contribution in [0.2, 0.25) is 0 Å². The molecule has 0 aliphatic carbocycles. The van der Waals surface area contributed by atoms with E-state index in [2.05, 4.69) is 36.1 Å². The lowest BCUT2D eigenvalue weighted by Crippen LogP contribution is -2.38. The number of ether oxygens (including phenoxy) is 1. The van der Waals surface area contributed by atoms with Crippen LogP contribution in [0.25, 0.3) is 0 Å². The van der Waals surface area contributed by atoms with Gasteiger partial charge in [-0.05, 0) is 13.0 Å². The summed E-state index contributed by atoms with van der Waals surface area (Å²) >= 11 is 0. The van der Waals surface area contributed by atoms with Crippen LogP contribution in [0.3, 0.4) is 0 Å². The number of methoxy groups -OCH3 is 1. The van der Waals surface area contributed by atoms with Crippen molar-refractivity contribution in [1.29, 1.82) is 0 Å². The Bertz CT molecular complexity index is 200. The Labute approximate surface area is 122 Å². The third-order valence-corrected chi connectivity index (χ3v) is 2.10. The van der Waals surface area contributed by atoms with Gasteiger partial charge in [0.15, 0.2) is 5.96 Å². The van der Waals surface area contributed by atoms with E-state index in [9.17, 15) is 0 Å². The summed E-state index contributed by atoms with van der Waals surface area (Å²) in [6, 6.07) is 0. The fourth-order valence-electron chi connectivity index (χ4n) is 1.07. The van der Waals surface area contributed by atoms with Crippen LogP contribution in [0.1, 0.15) is 13.8 Å². The Kier molecular flexibility index (Phi) is 14.0. The number of nitrogens with one attached hydrogen (secondary N) is 1. The highest BCUT2D eigenvalue weighted by Crippen LogP contribution is 1.90. The molecule has 0 bridgehead atoms. The lowest BCUT2D eigenvalue weighted by molar-refractivity contribution is 0.162. The lowest BCUT2D eigenvalue weighted by Gasteiger charge is -2.16. The minimum atomic E-state index is 0. The van der Waals surface area contributed by atoms with Crippen molar-refractivity contribution in [3.8, 4) is 0 Å². The maximum atomic E-state index is 5.70. The predicted octanol–water partition coefficient (Wildman–Crippen LogP) is 0.743. The van der Waals surface area contributed by atoms with Crippen LogP contribution in [-0.4, -0.2) is 57.8 Å². The number of hydrogen-bond acceptors (Lipinski definition) is 3. The van der Waals surface area contributed by atoms with Crippen molar-refractivity contribution in [3.05, 3.63) is 0 Å². The number of halogens is 1. The molecule has 0 saturated heterocycles. The van der Waals surface area contributed by atoms with Gasteiger partial charge in [0.2, 0.25) is 0 Å². The first kappa shape index (κ1) is 19.3.